The van der Waals surface area contributed by atoms with E-state index < -0.39 is 0 Å². The maximum Gasteiger partial charge on any atom is 0.138 e. The van der Waals surface area contributed by atoms with Gasteiger partial charge in [-0.15, -0.1) is 0 Å². The van der Waals surface area contributed by atoms with Crippen LogP contribution in [0.4, 0.5) is 0 Å². The summed E-state index contributed by atoms with van der Waals surface area (Å²) >= 11 is 12.2. The van der Waals surface area contributed by atoms with Crippen molar-refractivity contribution in [2.45, 2.75) is 6.42 Å². The fourth-order valence-corrected chi connectivity index (χ4v) is 2.19. The quantitative estimate of drug-likeness (QED) is 0.885. The molecule has 1 fully saturated rings. The third kappa shape index (κ3) is 2.22. The lowest BCUT2D eigenvalue weighted by Gasteiger charge is -2.27. The second kappa shape index (κ2) is 4.60. The number of benzene rings is 1. The topological polar surface area (TPSA) is 21.3 Å². The van der Waals surface area contributed by atoms with Crippen molar-refractivity contribution >= 4 is 23.2 Å². The lowest BCUT2D eigenvalue weighted by Crippen LogP contribution is -2.43. The summed E-state index contributed by atoms with van der Waals surface area (Å²) in [5.41, 5.74) is 1.11. The summed E-state index contributed by atoms with van der Waals surface area (Å²) in [6.45, 7) is 2.14. The van der Waals surface area contributed by atoms with Gasteiger partial charge >= 0.3 is 0 Å². The molecule has 0 spiro atoms. The van der Waals surface area contributed by atoms with E-state index in [1.807, 2.05) is 12.1 Å². The van der Waals surface area contributed by atoms with Gasteiger partial charge < -0.3 is 10.1 Å². The third-order valence-electron chi connectivity index (χ3n) is 2.72. The van der Waals surface area contributed by atoms with Crippen molar-refractivity contribution in [3.63, 3.8) is 0 Å². The average molecular weight is 246 g/mol. The number of rotatable bonds is 3. The van der Waals surface area contributed by atoms with Crippen molar-refractivity contribution < 1.29 is 4.74 Å². The first-order valence-electron chi connectivity index (χ1n) is 4.94. The van der Waals surface area contributed by atoms with Crippen LogP contribution in [0, 0.1) is 5.92 Å². The average Bonchev–Trinajstić information content (AvgIpc) is 2.18. The van der Waals surface area contributed by atoms with E-state index in [4.69, 9.17) is 27.9 Å². The Morgan fingerprint density at radius 2 is 2.07 bits per heavy atom. The van der Waals surface area contributed by atoms with Crippen molar-refractivity contribution in [2.75, 3.05) is 20.2 Å². The van der Waals surface area contributed by atoms with Gasteiger partial charge in [0.15, 0.2) is 0 Å². The first kappa shape index (κ1) is 11.1. The van der Waals surface area contributed by atoms with Crippen LogP contribution in [0.3, 0.4) is 0 Å². The predicted octanol–water partition coefficient (Wildman–Crippen LogP) is 2.76. The van der Waals surface area contributed by atoms with Gasteiger partial charge in [-0.2, -0.15) is 0 Å². The van der Waals surface area contributed by atoms with E-state index in [0.717, 1.165) is 25.1 Å². The minimum Gasteiger partial charge on any atom is -0.495 e. The zero-order valence-corrected chi connectivity index (χ0v) is 10.0. The van der Waals surface area contributed by atoms with Crippen LogP contribution in [0.15, 0.2) is 12.1 Å². The number of ether oxygens (including phenoxy) is 1. The second-order valence-electron chi connectivity index (χ2n) is 3.78. The Hall–Kier alpha value is -0.440. The molecule has 0 aliphatic carbocycles. The SMILES string of the molecule is COc1ccc(CC2CNC2)c(Cl)c1Cl. The van der Waals surface area contributed by atoms with Gasteiger partial charge in [-0.25, -0.2) is 0 Å². The van der Waals surface area contributed by atoms with Gasteiger partial charge in [-0.05, 0) is 37.1 Å². The van der Waals surface area contributed by atoms with E-state index in [9.17, 15) is 0 Å². The molecule has 1 aromatic carbocycles. The molecule has 0 aromatic heterocycles. The molecule has 2 rings (SSSR count). The molecular weight excluding hydrogens is 233 g/mol. The highest BCUT2D eigenvalue weighted by Crippen LogP contribution is 2.35. The van der Waals surface area contributed by atoms with E-state index in [1.54, 1.807) is 7.11 Å². The normalized spacial score (nSPS) is 16.2. The van der Waals surface area contributed by atoms with Crippen LogP contribution in [-0.4, -0.2) is 20.2 Å². The molecule has 0 atom stereocenters. The number of hydrogen-bond donors (Lipinski definition) is 1. The molecule has 0 radical (unpaired) electrons. The molecule has 1 heterocycles. The van der Waals surface area contributed by atoms with Gasteiger partial charge in [-0.1, -0.05) is 29.3 Å². The van der Waals surface area contributed by atoms with Gasteiger partial charge in [0.2, 0.25) is 0 Å². The monoisotopic (exact) mass is 245 g/mol. The molecule has 82 valence electrons. The van der Waals surface area contributed by atoms with Crippen molar-refractivity contribution in [3.05, 3.63) is 27.7 Å². The van der Waals surface area contributed by atoms with Gasteiger partial charge in [0, 0.05) is 0 Å². The Bertz CT molecular complexity index is 364. The highest BCUT2D eigenvalue weighted by molar-refractivity contribution is 6.43. The number of hydrogen-bond acceptors (Lipinski definition) is 2. The van der Waals surface area contributed by atoms with E-state index in [-0.39, 0.29) is 0 Å². The number of nitrogens with one attached hydrogen (secondary N) is 1. The lowest BCUT2D eigenvalue weighted by atomic mass is 9.94. The van der Waals surface area contributed by atoms with E-state index in [1.165, 1.54) is 0 Å². The molecule has 1 aliphatic rings. The highest BCUT2D eigenvalue weighted by atomic mass is 35.5. The zero-order valence-electron chi connectivity index (χ0n) is 8.52. The summed E-state index contributed by atoms with van der Waals surface area (Å²) in [4.78, 5) is 0. The second-order valence-corrected chi connectivity index (χ2v) is 4.54. The van der Waals surface area contributed by atoms with Crippen LogP contribution in [0.25, 0.3) is 0 Å². The molecule has 0 bridgehead atoms. The molecule has 1 saturated heterocycles. The predicted molar refractivity (Wildman–Crippen MR) is 63.1 cm³/mol. The lowest BCUT2D eigenvalue weighted by molar-refractivity contribution is 0.346. The molecule has 1 aliphatic heterocycles. The number of halogens is 2. The zero-order chi connectivity index (χ0) is 10.8. The summed E-state index contributed by atoms with van der Waals surface area (Å²) in [5.74, 6) is 1.32. The van der Waals surface area contributed by atoms with E-state index >= 15 is 0 Å². The molecule has 0 unspecified atom stereocenters. The fourth-order valence-electron chi connectivity index (χ4n) is 1.69. The molecule has 1 N–H and O–H groups in total. The largest absolute Gasteiger partial charge is 0.495 e. The Kier molecular flexibility index (Phi) is 3.39. The van der Waals surface area contributed by atoms with Crippen molar-refractivity contribution in [1.82, 2.24) is 5.32 Å². The molecule has 4 heteroatoms. The van der Waals surface area contributed by atoms with Crippen LogP contribution in [0.2, 0.25) is 10.0 Å². The third-order valence-corrected chi connectivity index (χ3v) is 3.63. The molecule has 1 aromatic rings. The first-order chi connectivity index (χ1) is 7.22. The van der Waals surface area contributed by atoms with Crippen molar-refractivity contribution in [2.24, 2.45) is 5.92 Å². The van der Waals surface area contributed by atoms with E-state index in [2.05, 4.69) is 5.32 Å². The number of methoxy groups -OCH3 is 1. The van der Waals surface area contributed by atoms with Crippen molar-refractivity contribution in [3.8, 4) is 5.75 Å². The van der Waals surface area contributed by atoms with Gasteiger partial charge in [-0.3, -0.25) is 0 Å². The van der Waals surface area contributed by atoms with Crippen LogP contribution >= 0.6 is 23.2 Å². The van der Waals surface area contributed by atoms with Gasteiger partial charge in [0.05, 0.1) is 12.1 Å². The summed E-state index contributed by atoms with van der Waals surface area (Å²) in [6, 6.07) is 3.86. The van der Waals surface area contributed by atoms with Crippen molar-refractivity contribution in [1.29, 1.82) is 0 Å². The van der Waals surface area contributed by atoms with Crippen LogP contribution < -0.4 is 10.1 Å². The van der Waals surface area contributed by atoms with Gasteiger partial charge in [0.1, 0.15) is 10.8 Å². The Labute approximate surface area is 99.5 Å². The summed E-state index contributed by atoms with van der Waals surface area (Å²) < 4.78 is 5.10. The maximum absolute atomic E-state index is 6.17. The Balaban J connectivity index is 2.20. The summed E-state index contributed by atoms with van der Waals surface area (Å²) in [7, 11) is 1.59. The first-order valence-corrected chi connectivity index (χ1v) is 5.69. The summed E-state index contributed by atoms with van der Waals surface area (Å²) in [6.07, 6.45) is 0.982. The minimum absolute atomic E-state index is 0.518. The highest BCUT2D eigenvalue weighted by Gasteiger charge is 2.19. The summed E-state index contributed by atoms with van der Waals surface area (Å²) in [5, 5.41) is 4.38. The molecule has 15 heavy (non-hydrogen) atoms. The minimum atomic E-state index is 0.518. The van der Waals surface area contributed by atoms with Crippen LogP contribution in [0.1, 0.15) is 5.56 Å². The van der Waals surface area contributed by atoms with Gasteiger partial charge in [0.25, 0.3) is 0 Å². The maximum atomic E-state index is 6.17. The Morgan fingerprint density at radius 1 is 1.33 bits per heavy atom. The van der Waals surface area contributed by atoms with Crippen LogP contribution in [0.5, 0.6) is 5.75 Å². The van der Waals surface area contributed by atoms with E-state index in [0.29, 0.717) is 21.7 Å². The molecule has 0 saturated carbocycles. The molecule has 0 amide bonds. The molecular formula is C11H13Cl2NO. The van der Waals surface area contributed by atoms with Crippen LogP contribution in [-0.2, 0) is 6.42 Å². The smallest absolute Gasteiger partial charge is 0.138 e. The Morgan fingerprint density at radius 3 is 2.60 bits per heavy atom. The fraction of sp³-hybridized carbons (Fsp3) is 0.455. The standard InChI is InChI=1S/C11H13Cl2NO/c1-15-9-3-2-8(10(12)11(9)13)4-7-5-14-6-7/h2-3,7,14H,4-6H2,1H3. The molecule has 2 nitrogen and oxygen atoms in total.